The molecule has 0 amide bonds. The van der Waals surface area contributed by atoms with E-state index in [0.29, 0.717) is 13.2 Å². The first kappa shape index (κ1) is 23.5. The van der Waals surface area contributed by atoms with Gasteiger partial charge in [-0.2, -0.15) is 0 Å². The Labute approximate surface area is 201 Å². The van der Waals surface area contributed by atoms with Crippen LogP contribution >= 0.6 is 24.0 Å². The molecule has 6 nitrogen and oxygen atoms in total. The molecule has 1 saturated heterocycles. The number of aryl methyl sites for hydroxylation is 2. The van der Waals surface area contributed by atoms with Crippen LogP contribution in [0, 0.1) is 13.8 Å². The summed E-state index contributed by atoms with van der Waals surface area (Å²) in [5, 5.41) is 3.46. The third kappa shape index (κ3) is 5.57. The highest BCUT2D eigenvalue weighted by molar-refractivity contribution is 14.0. The lowest BCUT2D eigenvalue weighted by Crippen LogP contribution is -2.48. The van der Waals surface area contributed by atoms with E-state index in [0.717, 1.165) is 43.4 Å². The molecular weight excluding hydrogens is 501 g/mol. The molecule has 1 aromatic carbocycles. The molecule has 4 rings (SSSR count). The maximum Gasteiger partial charge on any atom is 0.194 e. The predicted octanol–water partition coefficient (Wildman–Crippen LogP) is 4.15. The summed E-state index contributed by atoms with van der Waals surface area (Å²) < 4.78 is 8.18. The van der Waals surface area contributed by atoms with Gasteiger partial charge >= 0.3 is 0 Å². The molecule has 0 spiro atoms. The summed E-state index contributed by atoms with van der Waals surface area (Å²) in [6.45, 7) is 10.3. The summed E-state index contributed by atoms with van der Waals surface area (Å²) in [6, 6.07) is 12.6. The minimum absolute atomic E-state index is 0. The Morgan fingerprint density at radius 3 is 2.77 bits per heavy atom. The number of imidazole rings is 1. The van der Waals surface area contributed by atoms with Crippen LogP contribution in [-0.2, 0) is 11.2 Å². The summed E-state index contributed by atoms with van der Waals surface area (Å²) in [5.74, 6) is 0.958. The first-order chi connectivity index (χ1) is 14.7. The Morgan fingerprint density at radius 2 is 2.00 bits per heavy atom. The number of hydrogen-bond donors (Lipinski definition) is 1. The highest BCUT2D eigenvalue weighted by Gasteiger charge is 2.25. The van der Waals surface area contributed by atoms with E-state index in [2.05, 4.69) is 78.0 Å². The molecule has 31 heavy (non-hydrogen) atoms. The average molecular weight is 533 g/mol. The van der Waals surface area contributed by atoms with Gasteiger partial charge in [0.05, 0.1) is 18.8 Å². The van der Waals surface area contributed by atoms with Gasteiger partial charge in [0, 0.05) is 38.4 Å². The van der Waals surface area contributed by atoms with Crippen molar-refractivity contribution in [3.63, 3.8) is 0 Å². The SMILES string of the molecule is CCNC(=NCCc1cn2cccc(C)c2n1)N1CCOC(c2ccccc2C)C1.I. The van der Waals surface area contributed by atoms with Crippen molar-refractivity contribution in [3.8, 4) is 0 Å². The van der Waals surface area contributed by atoms with Crippen molar-refractivity contribution in [3.05, 3.63) is 71.2 Å². The number of benzene rings is 1. The molecule has 1 aliphatic heterocycles. The lowest BCUT2D eigenvalue weighted by Gasteiger charge is -2.35. The number of morpholine rings is 1. The van der Waals surface area contributed by atoms with Crippen molar-refractivity contribution in [1.82, 2.24) is 19.6 Å². The van der Waals surface area contributed by atoms with Crippen LogP contribution < -0.4 is 5.32 Å². The molecule has 1 atom stereocenters. The third-order valence-corrected chi connectivity index (χ3v) is 5.59. The fraction of sp³-hybridized carbons (Fsp3) is 0.417. The summed E-state index contributed by atoms with van der Waals surface area (Å²) in [6.07, 6.45) is 5.05. The van der Waals surface area contributed by atoms with Crippen molar-refractivity contribution >= 4 is 35.6 Å². The summed E-state index contributed by atoms with van der Waals surface area (Å²) in [7, 11) is 0. The Morgan fingerprint density at radius 1 is 1.19 bits per heavy atom. The number of nitrogens with one attached hydrogen (secondary N) is 1. The lowest BCUT2D eigenvalue weighted by molar-refractivity contribution is -0.00832. The van der Waals surface area contributed by atoms with E-state index in [1.807, 2.05) is 6.20 Å². The lowest BCUT2D eigenvalue weighted by atomic mass is 10.0. The maximum atomic E-state index is 6.08. The number of hydrogen-bond acceptors (Lipinski definition) is 3. The first-order valence-electron chi connectivity index (χ1n) is 10.8. The van der Waals surface area contributed by atoms with E-state index in [4.69, 9.17) is 14.7 Å². The number of rotatable bonds is 5. The molecule has 3 aromatic rings. The van der Waals surface area contributed by atoms with Gasteiger partial charge in [0.15, 0.2) is 5.96 Å². The van der Waals surface area contributed by atoms with Crippen LogP contribution in [0.1, 0.15) is 35.4 Å². The average Bonchev–Trinajstić information content (AvgIpc) is 3.18. The van der Waals surface area contributed by atoms with E-state index in [9.17, 15) is 0 Å². The van der Waals surface area contributed by atoms with Crippen LogP contribution in [0.25, 0.3) is 5.65 Å². The van der Waals surface area contributed by atoms with Crippen LogP contribution in [0.15, 0.2) is 53.8 Å². The second-order valence-corrected chi connectivity index (χ2v) is 7.80. The van der Waals surface area contributed by atoms with Crippen LogP contribution in [0.3, 0.4) is 0 Å². The van der Waals surface area contributed by atoms with Gasteiger partial charge in [0.1, 0.15) is 11.8 Å². The zero-order valence-corrected chi connectivity index (χ0v) is 20.9. The predicted molar refractivity (Wildman–Crippen MR) is 136 cm³/mol. The number of aromatic nitrogens is 2. The molecule has 0 radical (unpaired) electrons. The Hall–Kier alpha value is -2.13. The number of halogens is 1. The zero-order valence-electron chi connectivity index (χ0n) is 18.5. The summed E-state index contributed by atoms with van der Waals surface area (Å²) in [5.41, 5.74) is 5.82. The topological polar surface area (TPSA) is 54.2 Å². The molecule has 3 heterocycles. The van der Waals surface area contributed by atoms with Crippen molar-refractivity contribution in [1.29, 1.82) is 0 Å². The van der Waals surface area contributed by atoms with Crippen molar-refractivity contribution < 1.29 is 4.74 Å². The van der Waals surface area contributed by atoms with E-state index < -0.39 is 0 Å². The van der Waals surface area contributed by atoms with Crippen LogP contribution in [0.5, 0.6) is 0 Å². The van der Waals surface area contributed by atoms with Crippen LogP contribution in [0.4, 0.5) is 0 Å². The van der Waals surface area contributed by atoms with Gasteiger partial charge in [0.25, 0.3) is 0 Å². The zero-order chi connectivity index (χ0) is 20.9. The monoisotopic (exact) mass is 533 g/mol. The fourth-order valence-electron chi connectivity index (χ4n) is 4.00. The van der Waals surface area contributed by atoms with E-state index in [-0.39, 0.29) is 30.1 Å². The van der Waals surface area contributed by atoms with E-state index in [1.54, 1.807) is 0 Å². The first-order valence-corrected chi connectivity index (χ1v) is 10.8. The Kier molecular flexibility index (Phi) is 8.31. The van der Waals surface area contributed by atoms with Gasteiger partial charge in [-0.25, -0.2) is 4.98 Å². The quantitative estimate of drug-likeness (QED) is 0.304. The highest BCUT2D eigenvalue weighted by atomic mass is 127. The van der Waals surface area contributed by atoms with Crippen molar-refractivity contribution in [2.45, 2.75) is 33.3 Å². The number of pyridine rings is 1. The maximum absolute atomic E-state index is 6.08. The number of fused-ring (bicyclic) bond motifs is 1. The number of ether oxygens (including phenoxy) is 1. The molecular formula is C24H32IN5O. The molecule has 1 aliphatic rings. The molecule has 0 aliphatic carbocycles. The highest BCUT2D eigenvalue weighted by Crippen LogP contribution is 2.25. The second kappa shape index (κ2) is 10.9. The standard InChI is InChI=1S/C24H31N5O.HI/c1-4-25-24(26-12-11-20-16-28-13-7-9-19(3)23(28)27-20)29-14-15-30-22(17-29)21-10-6-5-8-18(21)2;/h5-10,13,16,22H,4,11-12,14-15,17H2,1-3H3,(H,25,26);1H. The summed E-state index contributed by atoms with van der Waals surface area (Å²) >= 11 is 0. The third-order valence-electron chi connectivity index (χ3n) is 5.59. The Bertz CT molecular complexity index is 1030. The largest absolute Gasteiger partial charge is 0.370 e. The van der Waals surface area contributed by atoms with Crippen molar-refractivity contribution in [2.24, 2.45) is 4.99 Å². The van der Waals surface area contributed by atoms with E-state index in [1.165, 1.54) is 16.7 Å². The summed E-state index contributed by atoms with van der Waals surface area (Å²) in [4.78, 5) is 12.0. The second-order valence-electron chi connectivity index (χ2n) is 7.80. The molecule has 7 heteroatoms. The van der Waals surface area contributed by atoms with Crippen LogP contribution in [-0.4, -0.2) is 53.0 Å². The van der Waals surface area contributed by atoms with Gasteiger partial charge in [-0.3, -0.25) is 4.99 Å². The van der Waals surface area contributed by atoms with Gasteiger partial charge in [0.2, 0.25) is 0 Å². The number of aliphatic imine (C=N–C) groups is 1. The van der Waals surface area contributed by atoms with Crippen LogP contribution in [0.2, 0.25) is 0 Å². The molecule has 0 saturated carbocycles. The smallest absolute Gasteiger partial charge is 0.194 e. The molecule has 1 unspecified atom stereocenters. The Balaban J connectivity index is 0.00000272. The molecule has 1 N–H and O–H groups in total. The minimum Gasteiger partial charge on any atom is -0.370 e. The van der Waals surface area contributed by atoms with E-state index >= 15 is 0 Å². The molecule has 2 aromatic heterocycles. The van der Waals surface area contributed by atoms with Gasteiger partial charge in [-0.05, 0) is 43.5 Å². The number of nitrogens with zero attached hydrogens (tertiary/aromatic N) is 4. The minimum atomic E-state index is 0. The fourth-order valence-corrected chi connectivity index (χ4v) is 4.00. The van der Waals surface area contributed by atoms with Gasteiger partial charge in [-0.1, -0.05) is 30.3 Å². The number of guanidine groups is 1. The molecule has 1 fully saturated rings. The molecule has 166 valence electrons. The van der Waals surface area contributed by atoms with Crippen molar-refractivity contribution in [2.75, 3.05) is 32.8 Å². The normalized spacial score (nSPS) is 16.9. The van der Waals surface area contributed by atoms with Gasteiger partial charge in [-0.15, -0.1) is 24.0 Å². The molecule has 0 bridgehead atoms. The van der Waals surface area contributed by atoms with Gasteiger partial charge < -0.3 is 19.4 Å².